The van der Waals surface area contributed by atoms with Gasteiger partial charge in [0.2, 0.25) is 0 Å². The maximum Gasteiger partial charge on any atom is 0.361 e. The van der Waals surface area contributed by atoms with Crippen molar-refractivity contribution in [2.45, 2.75) is 347 Å². The number of ether oxygens (including phenoxy) is 4. The second-order valence-corrected chi connectivity index (χ2v) is 26.6. The third-order valence-electron chi connectivity index (χ3n) is 16.5. The molecule has 0 saturated heterocycles. The van der Waals surface area contributed by atoms with Crippen LogP contribution in [0.25, 0.3) is 0 Å². The van der Waals surface area contributed by atoms with Crippen LogP contribution in [0.4, 0.5) is 0 Å². The summed E-state index contributed by atoms with van der Waals surface area (Å²) in [5.41, 5.74) is 0. The predicted octanol–water partition coefficient (Wildman–Crippen LogP) is 24.1. The first-order valence-corrected chi connectivity index (χ1v) is 38.1. The van der Waals surface area contributed by atoms with Gasteiger partial charge in [0.1, 0.15) is 13.2 Å². The van der Waals surface area contributed by atoms with E-state index in [0.717, 1.165) is 77.0 Å². The highest BCUT2D eigenvalue weighted by atomic mass is 16.7. The predicted molar refractivity (Wildman–Crippen MR) is 392 cm³/mol. The quantitative estimate of drug-likeness (QED) is 0.0211. The molecule has 0 rings (SSSR count). The van der Waals surface area contributed by atoms with Gasteiger partial charge in [-0.15, -0.1) is 0 Å². The van der Waals surface area contributed by atoms with Gasteiger partial charge in [-0.05, 0) is 77.0 Å². The summed E-state index contributed by atoms with van der Waals surface area (Å²) >= 11 is 0. The van der Waals surface area contributed by atoms with Gasteiger partial charge in [-0.25, -0.2) is 4.79 Å². The molecule has 0 saturated carbocycles. The summed E-state index contributed by atoms with van der Waals surface area (Å²) in [6.45, 7) is 4.73. The first kappa shape index (κ1) is 87.0. The molecule has 0 radical (unpaired) electrons. The summed E-state index contributed by atoms with van der Waals surface area (Å²) in [6.07, 6.45) is 98.3. The van der Waals surface area contributed by atoms with Crippen LogP contribution in [0.5, 0.6) is 0 Å². The molecule has 91 heavy (non-hydrogen) atoms. The molecule has 9 nitrogen and oxygen atoms in total. The Bertz CT molecular complexity index is 1870. The second-order valence-electron chi connectivity index (χ2n) is 26.6. The van der Waals surface area contributed by atoms with E-state index in [1.807, 2.05) is 21.1 Å². The third-order valence-corrected chi connectivity index (χ3v) is 16.5. The number of carboxylic acid groups (broad SMARTS) is 1. The Morgan fingerprint density at radius 3 is 0.923 bits per heavy atom. The maximum absolute atomic E-state index is 12.9. The van der Waals surface area contributed by atoms with Gasteiger partial charge in [-0.2, -0.15) is 0 Å². The Morgan fingerprint density at radius 1 is 0.341 bits per heavy atom. The van der Waals surface area contributed by atoms with Crippen LogP contribution in [0.2, 0.25) is 0 Å². The van der Waals surface area contributed by atoms with Gasteiger partial charge >= 0.3 is 17.9 Å². The molecular weight excluding hydrogens is 1130 g/mol. The number of aliphatic carboxylic acids is 1. The van der Waals surface area contributed by atoms with Crippen LogP contribution in [0.3, 0.4) is 0 Å². The van der Waals surface area contributed by atoms with Crippen molar-refractivity contribution in [2.75, 3.05) is 47.5 Å². The van der Waals surface area contributed by atoms with Gasteiger partial charge < -0.3 is 28.5 Å². The third kappa shape index (κ3) is 73.2. The lowest BCUT2D eigenvalue weighted by atomic mass is 10.0. The smallest absolute Gasteiger partial charge is 0.361 e. The summed E-state index contributed by atoms with van der Waals surface area (Å²) in [7, 11) is 5.96. The SMILES string of the molecule is CC/C=C\C/C=C\C/C=C\C/C=C\C/C=C\C/C=C\C/C=C\C/C=C\C/C=C\CCCC(=O)OC(COC(=O)CCCCCCCCCCCCCCCCCCCCCCCCCCCCCCCCCCCCCCC)COC(OCC[N+](C)(C)C)C(=O)O. The molecule has 0 fully saturated rings. The van der Waals surface area contributed by atoms with Crippen molar-refractivity contribution in [2.24, 2.45) is 0 Å². The van der Waals surface area contributed by atoms with E-state index >= 15 is 0 Å². The number of carboxylic acids is 1. The zero-order chi connectivity index (χ0) is 66.1. The molecule has 0 aliphatic carbocycles. The normalized spacial score (nSPS) is 13.3. The number of hydrogen-bond donors (Lipinski definition) is 1. The van der Waals surface area contributed by atoms with Crippen LogP contribution in [0.15, 0.2) is 109 Å². The Hall–Kier alpha value is -4.05. The van der Waals surface area contributed by atoms with Crippen LogP contribution in [0, 0.1) is 0 Å². The Morgan fingerprint density at radius 2 is 0.626 bits per heavy atom. The number of esters is 2. The fraction of sp³-hybridized carbons (Fsp3) is 0.744. The summed E-state index contributed by atoms with van der Waals surface area (Å²) in [5, 5.41) is 9.75. The van der Waals surface area contributed by atoms with E-state index in [1.165, 1.54) is 218 Å². The minimum absolute atomic E-state index is 0.172. The highest BCUT2D eigenvalue weighted by molar-refractivity contribution is 5.71. The molecule has 0 aromatic rings. The van der Waals surface area contributed by atoms with E-state index in [1.54, 1.807) is 0 Å². The lowest BCUT2D eigenvalue weighted by Gasteiger charge is -2.25. The molecule has 0 aromatic heterocycles. The molecule has 0 aromatic carbocycles. The van der Waals surface area contributed by atoms with Crippen LogP contribution in [-0.2, 0) is 33.3 Å². The molecule has 2 unspecified atom stereocenters. The number of nitrogens with zero attached hydrogens (tertiary/aromatic N) is 1. The molecule has 0 heterocycles. The highest BCUT2D eigenvalue weighted by Gasteiger charge is 2.25. The van der Waals surface area contributed by atoms with Gasteiger partial charge in [0.05, 0.1) is 34.4 Å². The number of quaternary nitrogens is 1. The number of likely N-dealkylation sites (N-methyl/N-ethyl adjacent to an activating group) is 1. The van der Waals surface area contributed by atoms with Gasteiger partial charge in [-0.3, -0.25) is 9.59 Å². The van der Waals surface area contributed by atoms with Gasteiger partial charge in [0.25, 0.3) is 6.29 Å². The number of allylic oxidation sites excluding steroid dienone is 18. The first-order valence-electron chi connectivity index (χ1n) is 38.1. The van der Waals surface area contributed by atoms with Crippen LogP contribution >= 0.6 is 0 Å². The lowest BCUT2D eigenvalue weighted by Crippen LogP contribution is -2.40. The van der Waals surface area contributed by atoms with E-state index in [0.29, 0.717) is 23.9 Å². The fourth-order valence-electron chi connectivity index (χ4n) is 10.8. The van der Waals surface area contributed by atoms with E-state index in [2.05, 4.69) is 123 Å². The average Bonchev–Trinajstić information content (AvgIpc) is 3.66. The molecule has 0 aliphatic rings. The Balaban J connectivity index is 4.11. The molecule has 2 atom stereocenters. The fourth-order valence-corrected chi connectivity index (χ4v) is 10.8. The monoisotopic (exact) mass is 1270 g/mol. The number of carbonyl (C=O) groups is 3. The molecule has 0 aliphatic heterocycles. The van der Waals surface area contributed by atoms with E-state index in [9.17, 15) is 19.5 Å². The van der Waals surface area contributed by atoms with Crippen molar-refractivity contribution < 1.29 is 42.9 Å². The molecule has 524 valence electrons. The minimum Gasteiger partial charge on any atom is -0.477 e. The van der Waals surface area contributed by atoms with Gasteiger partial charge in [0, 0.05) is 12.8 Å². The highest BCUT2D eigenvalue weighted by Crippen LogP contribution is 2.19. The van der Waals surface area contributed by atoms with Crippen molar-refractivity contribution in [1.29, 1.82) is 0 Å². The van der Waals surface area contributed by atoms with Crippen molar-refractivity contribution in [3.05, 3.63) is 109 Å². The van der Waals surface area contributed by atoms with Crippen LogP contribution in [-0.4, -0.2) is 87.4 Å². The number of hydrogen-bond acceptors (Lipinski definition) is 7. The van der Waals surface area contributed by atoms with Crippen LogP contribution < -0.4 is 0 Å². The zero-order valence-electron chi connectivity index (χ0n) is 60.0. The minimum atomic E-state index is -1.53. The largest absolute Gasteiger partial charge is 0.477 e. The number of rotatable bonds is 70. The zero-order valence-corrected chi connectivity index (χ0v) is 60.0. The Labute approximate surface area is 562 Å². The number of unbranched alkanes of at least 4 members (excludes halogenated alkanes) is 37. The van der Waals surface area contributed by atoms with Crippen molar-refractivity contribution in [3.8, 4) is 0 Å². The van der Waals surface area contributed by atoms with Gasteiger partial charge in [-0.1, -0.05) is 354 Å². The molecule has 1 N–H and O–H groups in total. The first-order chi connectivity index (χ1) is 44.6. The average molecular weight is 1270 g/mol. The molecule has 9 heteroatoms. The molecule has 0 bridgehead atoms. The van der Waals surface area contributed by atoms with Crippen molar-refractivity contribution in [1.82, 2.24) is 0 Å². The molecular formula is C82H144NO8+. The van der Waals surface area contributed by atoms with Crippen molar-refractivity contribution in [3.63, 3.8) is 0 Å². The summed E-state index contributed by atoms with van der Waals surface area (Å²) in [4.78, 5) is 37.6. The maximum atomic E-state index is 12.9. The molecule has 0 amide bonds. The van der Waals surface area contributed by atoms with E-state index < -0.39 is 24.3 Å². The van der Waals surface area contributed by atoms with Crippen LogP contribution in [0.1, 0.15) is 335 Å². The summed E-state index contributed by atoms with van der Waals surface area (Å²) < 4.78 is 22.9. The Kier molecular flexibility index (Phi) is 68.6. The number of carbonyl (C=O) groups excluding carboxylic acids is 2. The topological polar surface area (TPSA) is 108 Å². The molecule has 0 spiro atoms. The summed E-state index contributed by atoms with van der Waals surface area (Å²) in [5.74, 6) is -2.08. The van der Waals surface area contributed by atoms with E-state index in [-0.39, 0.29) is 38.6 Å². The van der Waals surface area contributed by atoms with Gasteiger partial charge in [0.15, 0.2) is 6.10 Å². The standard InChI is InChI=1S/C82H143NO8/c1-6-8-10-12-14-16-18-20-22-24-26-28-30-32-34-36-37-38-39-40-41-42-43-45-46-48-50-52-54-56-58-60-62-64-66-68-70-72-79(84)89-76-78(77-90-82(81(86)87)88-75-74-83(3,4)5)91-80(85)73-71-69-67-65-63-61-59-57-55-53-51-49-47-44-35-33-31-29-27-25-23-21-19-17-15-13-11-9-7-2/h9,11,15,17,21,23,27,29,33,35,47,49,53,55,59,61,65,67,78,82H,6-8,10,12-14,16,18-20,22,24-26,28,30-32,34,36-46,48,50-52,54,56-58,60,62-64,66,68-77H2,1-5H3/p+1/b11-9-,17-15-,23-21-,29-27-,35-33-,49-47-,55-53-,61-59-,67-65-. The second kappa shape index (κ2) is 71.8. The summed E-state index contributed by atoms with van der Waals surface area (Å²) in [6, 6.07) is 0. The van der Waals surface area contributed by atoms with E-state index in [4.69, 9.17) is 18.9 Å². The van der Waals surface area contributed by atoms with Crippen molar-refractivity contribution >= 4 is 17.9 Å². The lowest BCUT2D eigenvalue weighted by molar-refractivity contribution is -0.870.